The molecule has 1 aliphatic rings. The minimum Gasteiger partial charge on any atom is -0.481 e. The number of rotatable bonds is 6. The van der Waals surface area contributed by atoms with Crippen LogP contribution in [0.1, 0.15) is 59.9 Å². The number of nitrogens with one attached hydrogen (secondary N) is 1. The van der Waals surface area contributed by atoms with Gasteiger partial charge in [-0.3, -0.25) is 9.59 Å². The fourth-order valence-electron chi connectivity index (χ4n) is 3.89. The van der Waals surface area contributed by atoms with Crippen LogP contribution >= 0.6 is 0 Å². The third kappa shape index (κ3) is 4.21. The molecule has 2 unspecified atom stereocenters. The Morgan fingerprint density at radius 3 is 2.52 bits per heavy atom. The fraction of sp³-hybridized carbons (Fsp3) is 0.476. The van der Waals surface area contributed by atoms with Crippen molar-refractivity contribution in [1.82, 2.24) is 15.1 Å². The molecule has 1 saturated carbocycles. The van der Waals surface area contributed by atoms with Gasteiger partial charge in [0.15, 0.2) is 0 Å². The van der Waals surface area contributed by atoms with Gasteiger partial charge >= 0.3 is 5.97 Å². The van der Waals surface area contributed by atoms with Gasteiger partial charge in [0, 0.05) is 23.7 Å². The molecule has 0 spiro atoms. The number of carboxylic acids is 1. The van der Waals surface area contributed by atoms with Gasteiger partial charge in [-0.05, 0) is 68.9 Å². The molecule has 27 heavy (non-hydrogen) atoms. The van der Waals surface area contributed by atoms with Crippen LogP contribution in [0.3, 0.4) is 0 Å². The van der Waals surface area contributed by atoms with Crippen molar-refractivity contribution in [2.75, 3.05) is 0 Å². The van der Waals surface area contributed by atoms with E-state index < -0.39 is 5.97 Å². The third-order valence-electron chi connectivity index (χ3n) is 5.58. The lowest BCUT2D eigenvalue weighted by molar-refractivity contribution is -0.136. The summed E-state index contributed by atoms with van der Waals surface area (Å²) < 4.78 is 1.81. The zero-order valence-electron chi connectivity index (χ0n) is 16.2. The molecule has 0 radical (unpaired) electrons. The van der Waals surface area contributed by atoms with E-state index in [9.17, 15) is 9.59 Å². The Bertz CT molecular complexity index is 839. The molecule has 2 N–H and O–H groups in total. The van der Waals surface area contributed by atoms with Gasteiger partial charge in [0.05, 0.1) is 11.4 Å². The number of carbonyl (C=O) groups is 2. The van der Waals surface area contributed by atoms with Crippen molar-refractivity contribution in [1.29, 1.82) is 0 Å². The minimum atomic E-state index is -0.812. The van der Waals surface area contributed by atoms with Crippen LogP contribution in [0.2, 0.25) is 0 Å². The predicted molar refractivity (Wildman–Crippen MR) is 103 cm³/mol. The summed E-state index contributed by atoms with van der Waals surface area (Å²) in [7, 11) is 0. The average molecular weight is 369 g/mol. The van der Waals surface area contributed by atoms with E-state index in [0.29, 0.717) is 17.9 Å². The second-order valence-corrected chi connectivity index (χ2v) is 7.49. The number of aliphatic carboxylic acids is 1. The lowest BCUT2D eigenvalue weighted by atomic mass is 10.1. The maximum absolute atomic E-state index is 12.5. The number of benzene rings is 1. The number of aryl methyl sites for hydroxylation is 1. The molecule has 1 aromatic heterocycles. The van der Waals surface area contributed by atoms with E-state index >= 15 is 0 Å². The lowest BCUT2D eigenvalue weighted by Crippen LogP contribution is -2.36. The summed E-state index contributed by atoms with van der Waals surface area (Å²) in [5, 5.41) is 16.6. The van der Waals surface area contributed by atoms with E-state index in [0.717, 1.165) is 29.1 Å². The summed E-state index contributed by atoms with van der Waals surface area (Å²) in [5.41, 5.74) is 4.25. The van der Waals surface area contributed by atoms with Crippen LogP contribution in [-0.4, -0.2) is 32.8 Å². The van der Waals surface area contributed by atoms with Crippen LogP contribution in [-0.2, 0) is 11.2 Å². The van der Waals surface area contributed by atoms with Crippen molar-refractivity contribution in [2.45, 2.75) is 58.9 Å². The fourth-order valence-corrected chi connectivity index (χ4v) is 3.89. The molecule has 2 aromatic rings. The van der Waals surface area contributed by atoms with Crippen molar-refractivity contribution in [3.8, 4) is 5.69 Å². The first-order valence-corrected chi connectivity index (χ1v) is 9.55. The van der Waals surface area contributed by atoms with Crippen molar-refractivity contribution < 1.29 is 14.7 Å². The number of carboxylic acid groups (broad SMARTS) is 1. The minimum absolute atomic E-state index is 0.0317. The Kier molecular flexibility index (Phi) is 5.63. The molecule has 1 aromatic carbocycles. The Hall–Kier alpha value is -2.63. The van der Waals surface area contributed by atoms with Gasteiger partial charge in [-0.2, -0.15) is 5.10 Å². The van der Waals surface area contributed by atoms with E-state index in [1.54, 1.807) is 0 Å². The molecule has 1 fully saturated rings. The Labute approximate surface area is 159 Å². The number of amides is 1. The summed E-state index contributed by atoms with van der Waals surface area (Å²) in [5.74, 6) is -0.309. The van der Waals surface area contributed by atoms with Crippen molar-refractivity contribution in [3.63, 3.8) is 0 Å². The van der Waals surface area contributed by atoms with E-state index in [1.807, 2.05) is 42.8 Å². The molecule has 3 rings (SSSR count). The van der Waals surface area contributed by atoms with Crippen LogP contribution < -0.4 is 5.32 Å². The molecule has 6 nitrogen and oxygen atoms in total. The maximum atomic E-state index is 12.5. The quantitative estimate of drug-likeness (QED) is 0.817. The van der Waals surface area contributed by atoms with Crippen molar-refractivity contribution >= 4 is 11.9 Å². The molecular weight excluding hydrogens is 342 g/mol. The van der Waals surface area contributed by atoms with E-state index in [2.05, 4.69) is 17.3 Å². The highest BCUT2D eigenvalue weighted by Gasteiger charge is 2.25. The molecule has 6 heteroatoms. The number of carbonyl (C=O) groups excluding carboxylic acids is 1. The average Bonchev–Trinajstić information content (AvgIpc) is 3.16. The monoisotopic (exact) mass is 369 g/mol. The van der Waals surface area contributed by atoms with Gasteiger partial charge in [0.1, 0.15) is 0 Å². The lowest BCUT2D eigenvalue weighted by Gasteiger charge is -2.17. The Morgan fingerprint density at radius 2 is 1.93 bits per heavy atom. The standard InChI is InChI=1S/C21H27N3O3/c1-13-5-4-6-19(13)22-21(27)16-7-9-17(10-8-16)24-15(3)18(14(2)23-24)11-12-20(25)26/h7-10,13,19H,4-6,11-12H2,1-3H3,(H,22,27)(H,25,26). The SMILES string of the molecule is Cc1nn(-c2ccc(C(=O)NC3CCCC3C)cc2)c(C)c1CCC(=O)O. The Morgan fingerprint density at radius 1 is 1.22 bits per heavy atom. The molecule has 0 aliphatic heterocycles. The molecule has 2 atom stereocenters. The Balaban J connectivity index is 1.74. The number of aromatic nitrogens is 2. The van der Waals surface area contributed by atoms with Gasteiger partial charge in [0.25, 0.3) is 5.91 Å². The smallest absolute Gasteiger partial charge is 0.303 e. The zero-order chi connectivity index (χ0) is 19.6. The van der Waals surface area contributed by atoms with Crippen LogP contribution in [0, 0.1) is 19.8 Å². The second-order valence-electron chi connectivity index (χ2n) is 7.49. The first-order chi connectivity index (χ1) is 12.9. The summed E-state index contributed by atoms with van der Waals surface area (Å²) in [6.07, 6.45) is 3.95. The first-order valence-electron chi connectivity index (χ1n) is 9.55. The molecule has 144 valence electrons. The van der Waals surface area contributed by atoms with E-state index in [1.165, 1.54) is 12.8 Å². The summed E-state index contributed by atoms with van der Waals surface area (Å²) in [4.78, 5) is 23.3. The number of hydrogen-bond donors (Lipinski definition) is 2. The maximum Gasteiger partial charge on any atom is 0.303 e. The predicted octanol–water partition coefficient (Wildman–Crippen LogP) is 3.42. The van der Waals surface area contributed by atoms with Gasteiger partial charge in [-0.15, -0.1) is 0 Å². The molecular formula is C21H27N3O3. The van der Waals surface area contributed by atoms with Crippen LogP contribution in [0.25, 0.3) is 5.69 Å². The second kappa shape index (κ2) is 7.94. The number of hydrogen-bond acceptors (Lipinski definition) is 3. The van der Waals surface area contributed by atoms with Gasteiger partial charge in [-0.1, -0.05) is 13.3 Å². The molecule has 0 bridgehead atoms. The van der Waals surface area contributed by atoms with Crippen LogP contribution in [0.15, 0.2) is 24.3 Å². The highest BCUT2D eigenvalue weighted by molar-refractivity contribution is 5.94. The molecule has 1 heterocycles. The molecule has 1 aliphatic carbocycles. The van der Waals surface area contributed by atoms with Gasteiger partial charge in [-0.25, -0.2) is 4.68 Å². The zero-order valence-corrected chi connectivity index (χ0v) is 16.2. The van der Waals surface area contributed by atoms with Gasteiger partial charge in [0.2, 0.25) is 0 Å². The number of nitrogens with zero attached hydrogens (tertiary/aromatic N) is 2. The highest BCUT2D eigenvalue weighted by Crippen LogP contribution is 2.25. The largest absolute Gasteiger partial charge is 0.481 e. The highest BCUT2D eigenvalue weighted by atomic mass is 16.4. The molecule has 0 saturated heterocycles. The normalized spacial score (nSPS) is 19.2. The van der Waals surface area contributed by atoms with E-state index in [4.69, 9.17) is 5.11 Å². The van der Waals surface area contributed by atoms with E-state index in [-0.39, 0.29) is 18.4 Å². The summed E-state index contributed by atoms with van der Waals surface area (Å²) in [6.45, 7) is 6.02. The third-order valence-corrected chi connectivity index (χ3v) is 5.58. The van der Waals surface area contributed by atoms with Crippen molar-refractivity contribution in [3.05, 3.63) is 46.8 Å². The topological polar surface area (TPSA) is 84.2 Å². The van der Waals surface area contributed by atoms with Gasteiger partial charge < -0.3 is 10.4 Å². The van der Waals surface area contributed by atoms with Crippen molar-refractivity contribution in [2.24, 2.45) is 5.92 Å². The van der Waals surface area contributed by atoms with Crippen LogP contribution in [0.4, 0.5) is 0 Å². The summed E-state index contributed by atoms with van der Waals surface area (Å²) in [6, 6.07) is 7.67. The molecule has 1 amide bonds. The van der Waals surface area contributed by atoms with Crippen LogP contribution in [0.5, 0.6) is 0 Å². The first kappa shape index (κ1) is 19.1. The summed E-state index contributed by atoms with van der Waals surface area (Å²) >= 11 is 0.